The van der Waals surface area contributed by atoms with Crippen LogP contribution in [-0.2, 0) is 9.53 Å². The van der Waals surface area contributed by atoms with Crippen molar-refractivity contribution in [2.75, 3.05) is 12.4 Å². The van der Waals surface area contributed by atoms with Gasteiger partial charge in [0.2, 0.25) is 0 Å². The molecule has 0 aliphatic rings. The molecule has 2 aromatic rings. The molecule has 0 spiro atoms. The summed E-state index contributed by atoms with van der Waals surface area (Å²) in [5.41, 5.74) is 0.321. The third-order valence-electron chi connectivity index (χ3n) is 3.37. The molecule has 1 aromatic heterocycles. The van der Waals surface area contributed by atoms with Gasteiger partial charge in [-0.25, -0.2) is 9.48 Å². The van der Waals surface area contributed by atoms with E-state index in [1.54, 1.807) is 41.2 Å². The van der Waals surface area contributed by atoms with Crippen LogP contribution in [0.5, 0.6) is 5.75 Å². The highest BCUT2D eigenvalue weighted by atomic mass is 16.5. The van der Waals surface area contributed by atoms with Gasteiger partial charge in [0.25, 0.3) is 5.91 Å². The lowest BCUT2D eigenvalue weighted by Gasteiger charge is -2.16. The Bertz CT molecular complexity index is 724. The number of nitrogens with zero attached hydrogens (tertiary/aromatic N) is 2. The number of methoxy groups -OCH3 is 1. The molecule has 128 valence electrons. The van der Waals surface area contributed by atoms with Crippen molar-refractivity contribution < 1.29 is 19.1 Å². The molecular weight excluding hydrogens is 310 g/mol. The van der Waals surface area contributed by atoms with Gasteiger partial charge in [0.05, 0.1) is 18.9 Å². The number of ether oxygens (including phenoxy) is 2. The topological polar surface area (TPSA) is 82.4 Å². The number of aromatic nitrogens is 2. The second-order valence-electron chi connectivity index (χ2n) is 5.52. The zero-order valence-electron chi connectivity index (χ0n) is 14.1. The lowest BCUT2D eigenvalue weighted by atomic mass is 10.2. The summed E-state index contributed by atoms with van der Waals surface area (Å²) < 4.78 is 12.0. The van der Waals surface area contributed by atoms with E-state index in [1.807, 2.05) is 13.8 Å². The van der Waals surface area contributed by atoms with Crippen LogP contribution in [-0.4, -0.2) is 34.9 Å². The number of hydrogen-bond acceptors (Lipinski definition) is 5. The molecule has 0 aliphatic carbocycles. The van der Waals surface area contributed by atoms with E-state index < -0.39 is 18.0 Å². The van der Waals surface area contributed by atoms with Crippen molar-refractivity contribution in [2.24, 2.45) is 0 Å². The number of hydrogen-bond donors (Lipinski definition) is 1. The van der Waals surface area contributed by atoms with Gasteiger partial charge in [-0.05, 0) is 39.0 Å². The Hall–Kier alpha value is -2.83. The second kappa shape index (κ2) is 7.63. The maximum absolute atomic E-state index is 12.2. The first-order valence-corrected chi connectivity index (χ1v) is 7.61. The summed E-state index contributed by atoms with van der Waals surface area (Å²) >= 11 is 0. The van der Waals surface area contributed by atoms with Gasteiger partial charge in [-0.1, -0.05) is 6.07 Å². The van der Waals surface area contributed by atoms with Crippen molar-refractivity contribution in [3.05, 3.63) is 42.1 Å². The molecule has 1 amide bonds. The Morgan fingerprint density at radius 3 is 2.62 bits per heavy atom. The highest BCUT2D eigenvalue weighted by molar-refractivity contribution is 5.97. The summed E-state index contributed by atoms with van der Waals surface area (Å²) in [5, 5.41) is 6.85. The van der Waals surface area contributed by atoms with E-state index in [4.69, 9.17) is 9.47 Å². The first kappa shape index (κ1) is 17.5. The molecule has 1 N–H and O–H groups in total. The molecule has 0 aliphatic heterocycles. The van der Waals surface area contributed by atoms with E-state index >= 15 is 0 Å². The van der Waals surface area contributed by atoms with Crippen molar-refractivity contribution in [1.82, 2.24) is 9.78 Å². The molecule has 24 heavy (non-hydrogen) atoms. The smallest absolute Gasteiger partial charge is 0.339 e. The van der Waals surface area contributed by atoms with Gasteiger partial charge in [-0.3, -0.25) is 4.79 Å². The van der Waals surface area contributed by atoms with Crippen LogP contribution < -0.4 is 10.1 Å². The van der Waals surface area contributed by atoms with Crippen molar-refractivity contribution in [3.63, 3.8) is 0 Å². The van der Waals surface area contributed by atoms with Crippen molar-refractivity contribution in [2.45, 2.75) is 32.9 Å². The highest BCUT2D eigenvalue weighted by Crippen LogP contribution is 2.16. The van der Waals surface area contributed by atoms with Crippen molar-refractivity contribution >= 4 is 17.7 Å². The quantitative estimate of drug-likeness (QED) is 0.823. The molecule has 0 fully saturated rings. The average molecular weight is 331 g/mol. The van der Waals surface area contributed by atoms with E-state index in [0.717, 1.165) is 0 Å². The second-order valence-corrected chi connectivity index (χ2v) is 5.52. The fraction of sp³-hybridized carbons (Fsp3) is 0.353. The molecule has 0 unspecified atom stereocenters. The predicted octanol–water partition coefficient (Wildman–Crippen LogP) is 2.66. The SMILES string of the molecule is COc1cccc(C(=O)O[C@H](C)C(=O)Nc2ccnn2C(C)C)c1. The van der Waals surface area contributed by atoms with Crippen LogP contribution in [0.4, 0.5) is 5.82 Å². The molecule has 1 heterocycles. The average Bonchev–Trinajstić information content (AvgIpc) is 3.03. The standard InChI is InChI=1S/C17H21N3O4/c1-11(2)20-15(8-9-18-20)19-16(21)12(3)24-17(22)13-6-5-7-14(10-13)23-4/h5-12H,1-4H3,(H,19,21)/t12-/m1/s1. The molecule has 0 bridgehead atoms. The molecule has 1 atom stereocenters. The summed E-state index contributed by atoms with van der Waals surface area (Å²) in [5.74, 6) is 0.0873. The Morgan fingerprint density at radius 1 is 1.21 bits per heavy atom. The number of carbonyl (C=O) groups is 2. The number of rotatable bonds is 6. The van der Waals surface area contributed by atoms with Crippen LogP contribution >= 0.6 is 0 Å². The first-order valence-electron chi connectivity index (χ1n) is 7.61. The monoisotopic (exact) mass is 331 g/mol. The van der Waals surface area contributed by atoms with E-state index in [9.17, 15) is 9.59 Å². The molecule has 1 aromatic carbocycles. The van der Waals surface area contributed by atoms with Crippen molar-refractivity contribution in [1.29, 1.82) is 0 Å². The van der Waals surface area contributed by atoms with Crippen LogP contribution in [0.2, 0.25) is 0 Å². The molecule has 0 saturated carbocycles. The van der Waals surface area contributed by atoms with E-state index in [2.05, 4.69) is 10.4 Å². The molecule has 0 saturated heterocycles. The minimum atomic E-state index is -0.945. The third-order valence-corrected chi connectivity index (χ3v) is 3.37. The molecule has 7 nitrogen and oxygen atoms in total. The normalized spacial score (nSPS) is 11.9. The predicted molar refractivity (Wildman–Crippen MR) is 89.1 cm³/mol. The maximum Gasteiger partial charge on any atom is 0.339 e. The van der Waals surface area contributed by atoms with E-state index in [0.29, 0.717) is 17.1 Å². The van der Waals surface area contributed by atoms with Gasteiger partial charge < -0.3 is 14.8 Å². The van der Waals surface area contributed by atoms with Crippen LogP contribution in [0.25, 0.3) is 0 Å². The van der Waals surface area contributed by atoms with Gasteiger partial charge in [0, 0.05) is 12.1 Å². The lowest BCUT2D eigenvalue weighted by Crippen LogP contribution is -2.31. The number of amides is 1. The summed E-state index contributed by atoms with van der Waals surface area (Å²) in [6.07, 6.45) is 0.655. The number of esters is 1. The zero-order chi connectivity index (χ0) is 17.7. The Balaban J connectivity index is 2.00. The van der Waals surface area contributed by atoms with Crippen LogP contribution in [0.3, 0.4) is 0 Å². The Morgan fingerprint density at radius 2 is 1.96 bits per heavy atom. The molecule has 2 rings (SSSR count). The van der Waals surface area contributed by atoms with Crippen LogP contribution in [0, 0.1) is 0 Å². The maximum atomic E-state index is 12.2. The molecule has 7 heteroatoms. The summed E-state index contributed by atoms with van der Waals surface area (Å²) in [6, 6.07) is 8.35. The molecular formula is C17H21N3O4. The van der Waals surface area contributed by atoms with Gasteiger partial charge in [-0.2, -0.15) is 5.10 Å². The zero-order valence-corrected chi connectivity index (χ0v) is 14.1. The van der Waals surface area contributed by atoms with Crippen molar-refractivity contribution in [3.8, 4) is 5.75 Å². The first-order chi connectivity index (χ1) is 11.4. The Labute approximate surface area is 140 Å². The van der Waals surface area contributed by atoms with Gasteiger partial charge in [-0.15, -0.1) is 0 Å². The summed E-state index contributed by atoms with van der Waals surface area (Å²) in [7, 11) is 1.51. The number of benzene rings is 1. The summed E-state index contributed by atoms with van der Waals surface area (Å²) in [4.78, 5) is 24.4. The van der Waals surface area contributed by atoms with Crippen LogP contribution in [0.15, 0.2) is 36.5 Å². The minimum Gasteiger partial charge on any atom is -0.497 e. The fourth-order valence-electron chi connectivity index (χ4n) is 2.08. The Kier molecular flexibility index (Phi) is 5.57. The van der Waals surface area contributed by atoms with Gasteiger partial charge >= 0.3 is 5.97 Å². The largest absolute Gasteiger partial charge is 0.497 e. The van der Waals surface area contributed by atoms with Crippen LogP contribution in [0.1, 0.15) is 37.2 Å². The number of anilines is 1. The minimum absolute atomic E-state index is 0.102. The third kappa shape index (κ3) is 4.13. The van der Waals surface area contributed by atoms with E-state index in [-0.39, 0.29) is 6.04 Å². The van der Waals surface area contributed by atoms with E-state index in [1.165, 1.54) is 14.0 Å². The lowest BCUT2D eigenvalue weighted by molar-refractivity contribution is -0.123. The highest BCUT2D eigenvalue weighted by Gasteiger charge is 2.20. The fourth-order valence-corrected chi connectivity index (χ4v) is 2.08. The van der Waals surface area contributed by atoms with Gasteiger partial charge in [0.15, 0.2) is 6.10 Å². The number of nitrogens with one attached hydrogen (secondary N) is 1. The summed E-state index contributed by atoms with van der Waals surface area (Å²) in [6.45, 7) is 5.42. The molecule has 0 radical (unpaired) electrons. The van der Waals surface area contributed by atoms with Gasteiger partial charge in [0.1, 0.15) is 11.6 Å². The number of carbonyl (C=O) groups excluding carboxylic acids is 2.